The van der Waals surface area contributed by atoms with Gasteiger partial charge in [0, 0.05) is 37.6 Å². The van der Waals surface area contributed by atoms with Crippen molar-refractivity contribution in [2.24, 2.45) is 16.3 Å². The van der Waals surface area contributed by atoms with Crippen LogP contribution in [0.3, 0.4) is 0 Å². The summed E-state index contributed by atoms with van der Waals surface area (Å²) in [5.74, 6) is 1.59. The van der Waals surface area contributed by atoms with Crippen molar-refractivity contribution in [3.63, 3.8) is 0 Å². The fourth-order valence-corrected chi connectivity index (χ4v) is 3.87. The molecule has 166 valence electrons. The van der Waals surface area contributed by atoms with E-state index in [4.69, 9.17) is 9.73 Å². The van der Waals surface area contributed by atoms with E-state index in [9.17, 15) is 9.90 Å². The number of nitrogens with zero attached hydrogens (tertiary/aromatic N) is 3. The number of ether oxygens (including phenoxy) is 1. The first kappa shape index (κ1) is 22.2. The van der Waals surface area contributed by atoms with Gasteiger partial charge in [0.05, 0.1) is 13.2 Å². The van der Waals surface area contributed by atoms with Crippen molar-refractivity contribution < 1.29 is 14.6 Å². The maximum atomic E-state index is 12.8. The van der Waals surface area contributed by atoms with E-state index in [0.717, 1.165) is 57.8 Å². The quantitative estimate of drug-likeness (QED) is 0.500. The number of guanidine groups is 1. The van der Waals surface area contributed by atoms with Gasteiger partial charge in [0.15, 0.2) is 5.96 Å². The lowest BCUT2D eigenvalue weighted by atomic mass is 10.0. The molecule has 1 amide bonds. The van der Waals surface area contributed by atoms with E-state index in [1.165, 1.54) is 12.8 Å². The topological polar surface area (TPSA) is 77.4 Å². The third kappa shape index (κ3) is 6.49. The number of carbonyl (C=O) groups excluding carboxylic acids is 1. The Morgan fingerprint density at radius 3 is 2.38 bits per heavy atom. The molecule has 0 atom stereocenters. The van der Waals surface area contributed by atoms with Gasteiger partial charge in [0.25, 0.3) is 0 Å². The van der Waals surface area contributed by atoms with E-state index in [-0.39, 0.29) is 24.2 Å². The van der Waals surface area contributed by atoms with Gasteiger partial charge in [-0.1, -0.05) is 0 Å². The Labute approximate surface area is 175 Å². The number of likely N-dealkylation sites (tertiary alicyclic amines) is 1. The first-order valence-corrected chi connectivity index (χ1v) is 11.4. The van der Waals surface area contributed by atoms with Gasteiger partial charge >= 0.3 is 6.09 Å². The van der Waals surface area contributed by atoms with E-state index in [1.807, 2.05) is 25.7 Å². The molecule has 0 unspecified atom stereocenters. The van der Waals surface area contributed by atoms with E-state index in [0.29, 0.717) is 12.5 Å². The molecule has 0 aromatic heterocycles. The molecule has 1 saturated heterocycles. The summed E-state index contributed by atoms with van der Waals surface area (Å²) in [5.41, 5.74) is -0.438. The summed E-state index contributed by atoms with van der Waals surface area (Å²) in [4.78, 5) is 21.9. The molecule has 1 aliphatic heterocycles. The van der Waals surface area contributed by atoms with Crippen molar-refractivity contribution in [1.82, 2.24) is 15.1 Å². The van der Waals surface area contributed by atoms with Gasteiger partial charge in [0.1, 0.15) is 5.60 Å². The molecule has 0 spiro atoms. The number of hydrogen-bond acceptors (Lipinski definition) is 4. The summed E-state index contributed by atoms with van der Waals surface area (Å²) in [6.45, 7) is 12.2. The number of amides is 1. The molecule has 3 fully saturated rings. The molecule has 7 nitrogen and oxygen atoms in total. The number of carbonyl (C=O) groups is 1. The van der Waals surface area contributed by atoms with Crippen LogP contribution >= 0.6 is 0 Å². The van der Waals surface area contributed by atoms with Gasteiger partial charge in [-0.3, -0.25) is 4.99 Å². The number of nitrogens with one attached hydrogen (secondary N) is 1. The van der Waals surface area contributed by atoms with Gasteiger partial charge in [0.2, 0.25) is 0 Å². The van der Waals surface area contributed by atoms with Crippen molar-refractivity contribution in [1.29, 1.82) is 0 Å². The van der Waals surface area contributed by atoms with Crippen LogP contribution in [-0.2, 0) is 4.74 Å². The smallest absolute Gasteiger partial charge is 0.410 e. The summed E-state index contributed by atoms with van der Waals surface area (Å²) < 4.78 is 5.70. The SMILES string of the molecule is CCNC(=NCC1(CO)CC1)N1CCC(N(CC2CC2)C(=O)OC(C)(C)C)CC1. The summed E-state index contributed by atoms with van der Waals surface area (Å²) in [6.07, 6.45) is 6.29. The Kier molecular flexibility index (Phi) is 6.97. The van der Waals surface area contributed by atoms with Crippen LogP contribution in [0.1, 0.15) is 66.2 Å². The molecule has 29 heavy (non-hydrogen) atoms. The van der Waals surface area contributed by atoms with Crippen LogP contribution in [-0.4, -0.2) is 77.9 Å². The highest BCUT2D eigenvalue weighted by Gasteiger charge is 2.42. The first-order chi connectivity index (χ1) is 13.8. The van der Waals surface area contributed by atoms with E-state index in [2.05, 4.69) is 17.1 Å². The highest BCUT2D eigenvalue weighted by Crippen LogP contribution is 2.45. The molecule has 2 saturated carbocycles. The van der Waals surface area contributed by atoms with Crippen molar-refractivity contribution >= 4 is 12.1 Å². The number of aliphatic imine (C=N–C) groups is 1. The Morgan fingerprint density at radius 2 is 1.90 bits per heavy atom. The average molecular weight is 409 g/mol. The number of hydrogen-bond donors (Lipinski definition) is 2. The summed E-state index contributed by atoms with van der Waals surface area (Å²) >= 11 is 0. The Balaban J connectivity index is 1.58. The molecule has 2 N–H and O–H groups in total. The zero-order valence-corrected chi connectivity index (χ0v) is 18.7. The second-order valence-corrected chi connectivity index (χ2v) is 10.1. The van der Waals surface area contributed by atoms with Gasteiger partial charge in [-0.25, -0.2) is 4.79 Å². The molecule has 1 heterocycles. The van der Waals surface area contributed by atoms with Crippen LogP contribution in [0, 0.1) is 11.3 Å². The molecular formula is C22H40N4O3. The zero-order valence-electron chi connectivity index (χ0n) is 18.7. The van der Waals surface area contributed by atoms with E-state index < -0.39 is 5.60 Å². The largest absolute Gasteiger partial charge is 0.444 e. The molecular weight excluding hydrogens is 368 g/mol. The third-order valence-electron chi connectivity index (χ3n) is 6.18. The van der Waals surface area contributed by atoms with Crippen LogP contribution in [0.25, 0.3) is 0 Å². The first-order valence-electron chi connectivity index (χ1n) is 11.4. The second kappa shape index (κ2) is 9.11. The number of piperidine rings is 1. The normalized spacial score (nSPS) is 22.4. The molecule has 3 aliphatic rings. The third-order valence-corrected chi connectivity index (χ3v) is 6.18. The molecule has 0 aromatic carbocycles. The molecule has 7 heteroatoms. The number of aliphatic hydroxyl groups is 1. The molecule has 0 bridgehead atoms. The Bertz CT molecular complexity index is 585. The van der Waals surface area contributed by atoms with Gasteiger partial charge in [-0.15, -0.1) is 0 Å². The lowest BCUT2D eigenvalue weighted by Crippen LogP contribution is -2.52. The minimum Gasteiger partial charge on any atom is -0.444 e. The van der Waals surface area contributed by atoms with Crippen LogP contribution < -0.4 is 5.32 Å². The van der Waals surface area contributed by atoms with Crippen molar-refractivity contribution in [2.45, 2.75) is 77.9 Å². The second-order valence-electron chi connectivity index (χ2n) is 10.1. The monoisotopic (exact) mass is 408 g/mol. The molecule has 0 aromatic rings. The van der Waals surface area contributed by atoms with Crippen molar-refractivity contribution in [2.75, 3.05) is 39.3 Å². The predicted octanol–water partition coefficient (Wildman–Crippen LogP) is 2.84. The highest BCUT2D eigenvalue weighted by atomic mass is 16.6. The van der Waals surface area contributed by atoms with Crippen LogP contribution in [0.15, 0.2) is 4.99 Å². The maximum absolute atomic E-state index is 12.8. The number of rotatable bonds is 7. The number of aliphatic hydroxyl groups excluding tert-OH is 1. The fourth-order valence-electron chi connectivity index (χ4n) is 3.87. The lowest BCUT2D eigenvalue weighted by molar-refractivity contribution is 0.00928. The Morgan fingerprint density at radius 1 is 1.24 bits per heavy atom. The Hall–Kier alpha value is -1.50. The van der Waals surface area contributed by atoms with Crippen LogP contribution in [0.4, 0.5) is 4.79 Å². The maximum Gasteiger partial charge on any atom is 0.410 e. The van der Waals surface area contributed by atoms with Crippen molar-refractivity contribution in [3.05, 3.63) is 0 Å². The molecule has 0 radical (unpaired) electrons. The molecule has 3 rings (SSSR count). The minimum absolute atomic E-state index is 0.0246. The van der Waals surface area contributed by atoms with Gasteiger partial charge in [-0.2, -0.15) is 0 Å². The predicted molar refractivity (Wildman–Crippen MR) is 115 cm³/mol. The van der Waals surface area contributed by atoms with Gasteiger partial charge in [-0.05, 0) is 72.1 Å². The highest BCUT2D eigenvalue weighted by molar-refractivity contribution is 5.80. The van der Waals surface area contributed by atoms with E-state index >= 15 is 0 Å². The lowest BCUT2D eigenvalue weighted by Gasteiger charge is -2.40. The zero-order chi connectivity index (χ0) is 21.1. The average Bonchev–Trinajstić information content (AvgIpc) is 3.58. The fraction of sp³-hybridized carbons (Fsp3) is 0.909. The summed E-state index contributed by atoms with van der Waals surface area (Å²) in [7, 11) is 0. The minimum atomic E-state index is -0.462. The van der Waals surface area contributed by atoms with E-state index in [1.54, 1.807) is 0 Å². The van der Waals surface area contributed by atoms with Crippen molar-refractivity contribution in [3.8, 4) is 0 Å². The summed E-state index contributed by atoms with van der Waals surface area (Å²) in [5, 5.41) is 13.0. The van der Waals surface area contributed by atoms with Gasteiger partial charge < -0.3 is 25.0 Å². The van der Waals surface area contributed by atoms with Crippen LogP contribution in [0.5, 0.6) is 0 Å². The molecule has 2 aliphatic carbocycles. The summed E-state index contributed by atoms with van der Waals surface area (Å²) in [6, 6.07) is 0.233. The standard InChI is InChI=1S/C22H40N4O3/c1-5-23-19(24-15-22(16-27)10-11-22)25-12-8-18(9-13-25)26(14-17-6-7-17)20(28)29-21(2,3)4/h17-18,27H,5-16H2,1-4H3,(H,23,24). The van der Waals surface area contributed by atoms with Crippen LogP contribution in [0.2, 0.25) is 0 Å².